The Balaban J connectivity index is 1.18. The molecule has 5 rings (SSSR count). The fourth-order valence-corrected chi connectivity index (χ4v) is 5.41. The highest BCUT2D eigenvalue weighted by Gasteiger charge is 2.31. The first-order valence-corrected chi connectivity index (χ1v) is 13.7. The van der Waals surface area contributed by atoms with Crippen molar-refractivity contribution >= 4 is 17.6 Å². The van der Waals surface area contributed by atoms with Crippen LogP contribution in [0.3, 0.4) is 0 Å². The maximum atomic E-state index is 13.1. The average molecular weight is 526 g/mol. The molecule has 0 bridgehead atoms. The number of hydrogen-bond acceptors (Lipinski definition) is 5. The van der Waals surface area contributed by atoms with Gasteiger partial charge in [-0.15, -0.1) is 0 Å². The highest BCUT2D eigenvalue weighted by molar-refractivity contribution is 6.04. The quantitative estimate of drug-likeness (QED) is 0.557. The molecule has 2 atom stereocenters. The number of rotatable bonds is 7. The number of carbonyl (C=O) groups is 2. The molecule has 3 amide bonds. The Bertz CT molecular complexity index is 1270. The predicted octanol–water partition coefficient (Wildman–Crippen LogP) is 4.44. The molecule has 2 heterocycles. The van der Waals surface area contributed by atoms with E-state index < -0.39 is 0 Å². The van der Waals surface area contributed by atoms with Gasteiger partial charge in [-0.25, -0.2) is 4.79 Å². The van der Waals surface area contributed by atoms with Gasteiger partial charge in [0.1, 0.15) is 0 Å². The summed E-state index contributed by atoms with van der Waals surface area (Å²) in [7, 11) is 0. The van der Waals surface area contributed by atoms with E-state index in [4.69, 9.17) is 10.00 Å². The van der Waals surface area contributed by atoms with Gasteiger partial charge in [0.2, 0.25) is 0 Å². The molecule has 2 saturated heterocycles. The zero-order valence-corrected chi connectivity index (χ0v) is 22.1. The van der Waals surface area contributed by atoms with Gasteiger partial charge in [0, 0.05) is 43.0 Å². The highest BCUT2D eigenvalue weighted by atomic mass is 16.5. The molecular weight excluding hydrogens is 490 g/mol. The van der Waals surface area contributed by atoms with E-state index in [9.17, 15) is 9.59 Å². The second-order valence-electron chi connectivity index (χ2n) is 10.3. The summed E-state index contributed by atoms with van der Waals surface area (Å²) in [6.45, 7) is 5.23. The van der Waals surface area contributed by atoms with E-state index in [2.05, 4.69) is 33.7 Å². The fraction of sp³-hybridized carbons (Fsp3) is 0.387. The summed E-state index contributed by atoms with van der Waals surface area (Å²) in [5.41, 5.74) is 4.07. The Kier molecular flexibility index (Phi) is 8.71. The van der Waals surface area contributed by atoms with Gasteiger partial charge < -0.3 is 20.3 Å². The van der Waals surface area contributed by atoms with Gasteiger partial charge in [-0.05, 0) is 73.2 Å². The minimum absolute atomic E-state index is 0.0953. The van der Waals surface area contributed by atoms with Crippen LogP contribution in [0.25, 0.3) is 0 Å². The van der Waals surface area contributed by atoms with Gasteiger partial charge in [-0.3, -0.25) is 9.69 Å². The Hall–Kier alpha value is -3.93. The van der Waals surface area contributed by atoms with Crippen molar-refractivity contribution in [2.45, 2.75) is 37.8 Å². The molecule has 0 saturated carbocycles. The first kappa shape index (κ1) is 26.7. The number of nitrogens with one attached hydrogen (secondary N) is 2. The molecule has 2 fully saturated rings. The molecule has 202 valence electrons. The third-order valence-corrected chi connectivity index (χ3v) is 7.59. The van der Waals surface area contributed by atoms with Crippen LogP contribution in [0, 0.1) is 11.3 Å². The van der Waals surface area contributed by atoms with Gasteiger partial charge in [0.05, 0.1) is 31.4 Å². The van der Waals surface area contributed by atoms with E-state index in [0.29, 0.717) is 24.1 Å². The third-order valence-electron chi connectivity index (χ3n) is 7.59. The molecule has 2 aromatic carbocycles. The minimum atomic E-state index is -0.193. The van der Waals surface area contributed by atoms with Gasteiger partial charge in [-0.1, -0.05) is 30.3 Å². The van der Waals surface area contributed by atoms with Gasteiger partial charge >= 0.3 is 6.03 Å². The summed E-state index contributed by atoms with van der Waals surface area (Å²) in [6, 6.07) is 17.3. The van der Waals surface area contributed by atoms with E-state index in [1.165, 1.54) is 5.56 Å². The summed E-state index contributed by atoms with van der Waals surface area (Å²) in [5.74, 6) is -0.171. The Morgan fingerprint density at radius 2 is 1.90 bits per heavy atom. The van der Waals surface area contributed by atoms with Crippen molar-refractivity contribution in [3.05, 3.63) is 89.0 Å². The van der Waals surface area contributed by atoms with Gasteiger partial charge in [-0.2, -0.15) is 5.26 Å². The second-order valence-corrected chi connectivity index (χ2v) is 10.3. The average Bonchev–Trinajstić information content (AvgIpc) is 3.48. The predicted molar refractivity (Wildman–Crippen MR) is 150 cm³/mol. The largest absolute Gasteiger partial charge is 0.379 e. The maximum absolute atomic E-state index is 13.1. The van der Waals surface area contributed by atoms with Crippen molar-refractivity contribution in [1.82, 2.24) is 15.1 Å². The van der Waals surface area contributed by atoms with E-state index in [1.54, 1.807) is 18.2 Å². The van der Waals surface area contributed by atoms with Crippen molar-refractivity contribution in [1.29, 1.82) is 5.26 Å². The summed E-state index contributed by atoms with van der Waals surface area (Å²) in [4.78, 5) is 30.4. The van der Waals surface area contributed by atoms with Crippen LogP contribution in [-0.4, -0.2) is 67.2 Å². The molecule has 2 N–H and O–H groups in total. The van der Waals surface area contributed by atoms with Crippen LogP contribution in [-0.2, 0) is 11.2 Å². The zero-order chi connectivity index (χ0) is 27.0. The third kappa shape index (κ3) is 6.94. The number of urea groups is 1. The number of benzene rings is 2. The minimum Gasteiger partial charge on any atom is -0.379 e. The van der Waals surface area contributed by atoms with Crippen molar-refractivity contribution in [2.24, 2.45) is 0 Å². The van der Waals surface area contributed by atoms with Crippen molar-refractivity contribution < 1.29 is 14.3 Å². The van der Waals surface area contributed by atoms with Crippen LogP contribution < -0.4 is 10.6 Å². The van der Waals surface area contributed by atoms with Gasteiger partial charge in [0.15, 0.2) is 0 Å². The standard InChI is InChI=1S/C31H35N5O3/c32-22-24-4-1-7-28(20-24)34-31(38)36-14-3-8-29(36)25-5-2-6-26(21-25)30(37)33-27-11-9-23(10-12-27)13-15-35-16-18-39-19-17-35/h1-2,4-6,9-12,20-21,28-29H,3,7-8,13-19H2,(H,33,37)(H,34,38)/t28?,29-/m1/s1. The molecule has 3 aliphatic rings. The molecule has 2 aliphatic heterocycles. The number of morpholine rings is 1. The number of carbonyl (C=O) groups excluding carboxylic acids is 2. The van der Waals surface area contributed by atoms with Gasteiger partial charge in [0.25, 0.3) is 5.91 Å². The zero-order valence-electron chi connectivity index (χ0n) is 22.1. The first-order chi connectivity index (χ1) is 19.1. The molecule has 0 spiro atoms. The summed E-state index contributed by atoms with van der Waals surface area (Å²) in [6.07, 6.45) is 8.86. The number of hydrogen-bond donors (Lipinski definition) is 2. The summed E-state index contributed by atoms with van der Waals surface area (Å²) < 4.78 is 5.41. The second kappa shape index (κ2) is 12.7. The van der Waals surface area contributed by atoms with Crippen molar-refractivity contribution in [2.75, 3.05) is 44.7 Å². The lowest BCUT2D eigenvalue weighted by Gasteiger charge is -2.28. The van der Waals surface area contributed by atoms with Crippen LogP contribution in [0.4, 0.5) is 10.5 Å². The Labute approximate surface area is 229 Å². The van der Waals surface area contributed by atoms with Crippen LogP contribution >= 0.6 is 0 Å². The van der Waals surface area contributed by atoms with Crippen LogP contribution in [0.1, 0.15) is 46.8 Å². The number of anilines is 1. The normalized spacial score (nSPS) is 21.2. The molecule has 2 aromatic rings. The fourth-order valence-electron chi connectivity index (χ4n) is 5.41. The molecule has 1 unspecified atom stereocenters. The number of amides is 3. The smallest absolute Gasteiger partial charge is 0.318 e. The highest BCUT2D eigenvalue weighted by Crippen LogP contribution is 2.32. The number of likely N-dealkylation sites (tertiary alicyclic amines) is 1. The van der Waals surface area contributed by atoms with Crippen LogP contribution in [0.15, 0.2) is 72.3 Å². The maximum Gasteiger partial charge on any atom is 0.318 e. The van der Waals surface area contributed by atoms with Crippen LogP contribution in [0.2, 0.25) is 0 Å². The first-order valence-electron chi connectivity index (χ1n) is 13.7. The van der Waals surface area contributed by atoms with E-state index in [1.807, 2.05) is 41.3 Å². The molecule has 8 nitrogen and oxygen atoms in total. The van der Waals surface area contributed by atoms with Crippen molar-refractivity contribution in [3.8, 4) is 6.07 Å². The SMILES string of the molecule is N#CC1=CC(NC(=O)N2CCC[C@@H]2c2cccc(C(=O)Nc3ccc(CCN4CCOCC4)cc3)c2)CC=C1. The lowest BCUT2D eigenvalue weighted by Crippen LogP contribution is -2.44. The Morgan fingerprint density at radius 3 is 2.69 bits per heavy atom. The number of nitriles is 1. The lowest BCUT2D eigenvalue weighted by atomic mass is 10.0. The number of nitrogens with zero attached hydrogens (tertiary/aromatic N) is 3. The molecule has 0 radical (unpaired) electrons. The van der Waals surface area contributed by atoms with Crippen molar-refractivity contribution in [3.63, 3.8) is 0 Å². The molecule has 1 aliphatic carbocycles. The van der Waals surface area contributed by atoms with E-state index in [0.717, 1.165) is 63.4 Å². The number of allylic oxidation sites excluding steroid dienone is 2. The molecule has 8 heteroatoms. The summed E-state index contributed by atoms with van der Waals surface area (Å²) >= 11 is 0. The molecule has 0 aromatic heterocycles. The topological polar surface area (TPSA) is 97.7 Å². The molecule has 39 heavy (non-hydrogen) atoms. The monoisotopic (exact) mass is 525 g/mol. The van der Waals surface area contributed by atoms with E-state index >= 15 is 0 Å². The molecular formula is C31H35N5O3. The summed E-state index contributed by atoms with van der Waals surface area (Å²) in [5, 5.41) is 15.2. The lowest BCUT2D eigenvalue weighted by molar-refractivity contribution is 0.0384. The van der Waals surface area contributed by atoms with E-state index in [-0.39, 0.29) is 24.0 Å². The van der Waals surface area contributed by atoms with Crippen LogP contribution in [0.5, 0.6) is 0 Å². The number of ether oxygens (including phenoxy) is 1. The Morgan fingerprint density at radius 1 is 1.08 bits per heavy atom.